The Morgan fingerprint density at radius 2 is 1.60 bits per heavy atom. The third-order valence-electron chi connectivity index (χ3n) is 3.16. The lowest BCUT2D eigenvalue weighted by Gasteiger charge is -2.09. The first-order chi connectivity index (χ1) is 11.9. The van der Waals surface area contributed by atoms with Gasteiger partial charge in [0.1, 0.15) is 5.82 Å². The molecule has 0 amide bonds. The van der Waals surface area contributed by atoms with Crippen molar-refractivity contribution in [3.05, 3.63) is 66.1 Å². The van der Waals surface area contributed by atoms with Gasteiger partial charge in [0.2, 0.25) is 5.95 Å². The van der Waals surface area contributed by atoms with Crippen LogP contribution in [0.3, 0.4) is 0 Å². The maximum Gasteiger partial charge on any atom is 0.416 e. The van der Waals surface area contributed by atoms with E-state index in [0.29, 0.717) is 5.69 Å². The average molecular weight is 349 g/mol. The van der Waals surface area contributed by atoms with Gasteiger partial charge in [-0.15, -0.1) is 5.10 Å². The van der Waals surface area contributed by atoms with E-state index in [2.05, 4.69) is 25.8 Å². The minimum atomic E-state index is -4.40. The molecule has 3 rings (SSSR count). The molecule has 0 unspecified atom stereocenters. The Kier molecular flexibility index (Phi) is 4.46. The van der Waals surface area contributed by atoms with Crippen molar-refractivity contribution < 1.29 is 17.6 Å². The van der Waals surface area contributed by atoms with Crippen LogP contribution in [0.2, 0.25) is 0 Å². The minimum absolute atomic E-state index is 0.0566. The molecule has 3 aromatic rings. The highest BCUT2D eigenvalue weighted by atomic mass is 19.4. The zero-order valence-corrected chi connectivity index (χ0v) is 12.5. The van der Waals surface area contributed by atoms with Crippen LogP contribution in [0.5, 0.6) is 0 Å². The van der Waals surface area contributed by atoms with Crippen molar-refractivity contribution in [2.24, 2.45) is 0 Å². The third kappa shape index (κ3) is 4.19. The second kappa shape index (κ2) is 6.71. The Morgan fingerprint density at radius 3 is 2.28 bits per heavy atom. The molecule has 0 saturated heterocycles. The Morgan fingerprint density at radius 1 is 0.880 bits per heavy atom. The summed E-state index contributed by atoms with van der Waals surface area (Å²) >= 11 is 0. The van der Waals surface area contributed by atoms with Crippen molar-refractivity contribution in [1.29, 1.82) is 0 Å². The van der Waals surface area contributed by atoms with Crippen molar-refractivity contribution >= 4 is 23.1 Å². The molecular weight excluding hydrogens is 338 g/mol. The maximum absolute atomic E-state index is 13.6. The van der Waals surface area contributed by atoms with Crippen LogP contribution in [0.15, 0.2) is 54.7 Å². The van der Waals surface area contributed by atoms with Gasteiger partial charge in [0.05, 0.1) is 17.4 Å². The second-order valence-electron chi connectivity index (χ2n) is 4.97. The average Bonchev–Trinajstić information content (AvgIpc) is 2.57. The Labute approximate surface area is 139 Å². The topological polar surface area (TPSA) is 62.7 Å². The van der Waals surface area contributed by atoms with Gasteiger partial charge < -0.3 is 10.6 Å². The number of nitrogens with zero attached hydrogens (tertiary/aromatic N) is 3. The molecule has 128 valence electrons. The predicted octanol–water partition coefficient (Wildman–Crippen LogP) is 4.52. The molecule has 0 fully saturated rings. The number of alkyl halides is 3. The molecule has 0 saturated carbocycles. The molecule has 9 heteroatoms. The van der Waals surface area contributed by atoms with E-state index in [4.69, 9.17) is 0 Å². The molecule has 0 aliphatic heterocycles. The highest BCUT2D eigenvalue weighted by Gasteiger charge is 2.29. The molecule has 2 N–H and O–H groups in total. The lowest BCUT2D eigenvalue weighted by molar-refractivity contribution is -0.137. The SMILES string of the molecule is Fc1ccccc1Nc1cnnc(Nc2ccc(C(F)(F)F)cc2)n1. The van der Waals surface area contributed by atoms with Gasteiger partial charge in [-0.2, -0.15) is 23.3 Å². The number of halogens is 4. The maximum atomic E-state index is 13.6. The number of para-hydroxylation sites is 1. The highest BCUT2D eigenvalue weighted by molar-refractivity contribution is 5.59. The van der Waals surface area contributed by atoms with Gasteiger partial charge >= 0.3 is 6.18 Å². The van der Waals surface area contributed by atoms with Gasteiger partial charge in [-0.25, -0.2) is 4.39 Å². The first-order valence-electron chi connectivity index (χ1n) is 7.07. The molecule has 5 nitrogen and oxygen atoms in total. The zero-order valence-electron chi connectivity index (χ0n) is 12.5. The largest absolute Gasteiger partial charge is 0.416 e. The van der Waals surface area contributed by atoms with E-state index in [0.717, 1.165) is 12.1 Å². The number of benzene rings is 2. The van der Waals surface area contributed by atoms with Crippen LogP contribution in [0.25, 0.3) is 0 Å². The van der Waals surface area contributed by atoms with Crippen molar-refractivity contribution in [1.82, 2.24) is 15.2 Å². The summed E-state index contributed by atoms with van der Waals surface area (Å²) < 4.78 is 51.3. The van der Waals surface area contributed by atoms with Crippen LogP contribution in [0, 0.1) is 5.82 Å². The smallest absolute Gasteiger partial charge is 0.336 e. The number of rotatable bonds is 4. The Bertz CT molecular complexity index is 865. The molecule has 0 spiro atoms. The zero-order chi connectivity index (χ0) is 17.9. The second-order valence-corrected chi connectivity index (χ2v) is 4.97. The van der Waals surface area contributed by atoms with E-state index in [1.54, 1.807) is 12.1 Å². The van der Waals surface area contributed by atoms with Gasteiger partial charge in [0, 0.05) is 5.69 Å². The first-order valence-corrected chi connectivity index (χ1v) is 7.07. The normalized spacial score (nSPS) is 11.2. The van der Waals surface area contributed by atoms with Crippen LogP contribution in [-0.4, -0.2) is 15.2 Å². The lowest BCUT2D eigenvalue weighted by atomic mass is 10.2. The number of aromatic nitrogens is 3. The van der Waals surface area contributed by atoms with Gasteiger partial charge in [0.25, 0.3) is 0 Å². The number of nitrogens with one attached hydrogen (secondary N) is 2. The van der Waals surface area contributed by atoms with E-state index >= 15 is 0 Å². The fraction of sp³-hybridized carbons (Fsp3) is 0.0625. The minimum Gasteiger partial charge on any atom is -0.336 e. The van der Waals surface area contributed by atoms with E-state index in [-0.39, 0.29) is 17.5 Å². The summed E-state index contributed by atoms with van der Waals surface area (Å²) in [4.78, 5) is 4.09. The van der Waals surface area contributed by atoms with Crippen LogP contribution in [0.1, 0.15) is 5.56 Å². The molecule has 0 bridgehead atoms. The summed E-state index contributed by atoms with van der Waals surface area (Å²) in [6.45, 7) is 0. The van der Waals surface area contributed by atoms with Crippen LogP contribution < -0.4 is 10.6 Å². The molecule has 1 aromatic heterocycles. The van der Waals surface area contributed by atoms with Gasteiger partial charge in [0.15, 0.2) is 5.82 Å². The summed E-state index contributed by atoms with van der Waals surface area (Å²) in [5.74, 6) is -0.172. The third-order valence-corrected chi connectivity index (χ3v) is 3.16. The molecule has 1 heterocycles. The van der Waals surface area contributed by atoms with Crippen molar-refractivity contribution in [2.45, 2.75) is 6.18 Å². The molecule has 0 aliphatic carbocycles. The molecule has 0 atom stereocenters. The quantitative estimate of drug-likeness (QED) is 0.678. The monoisotopic (exact) mass is 349 g/mol. The molecule has 25 heavy (non-hydrogen) atoms. The van der Waals surface area contributed by atoms with Crippen molar-refractivity contribution in [3.63, 3.8) is 0 Å². The van der Waals surface area contributed by atoms with Gasteiger partial charge in [-0.1, -0.05) is 12.1 Å². The number of anilines is 4. The van der Waals surface area contributed by atoms with E-state index in [9.17, 15) is 17.6 Å². The van der Waals surface area contributed by atoms with Crippen molar-refractivity contribution in [2.75, 3.05) is 10.6 Å². The van der Waals surface area contributed by atoms with Gasteiger partial charge in [-0.3, -0.25) is 0 Å². The van der Waals surface area contributed by atoms with Crippen molar-refractivity contribution in [3.8, 4) is 0 Å². The Hall–Kier alpha value is -3.23. The fourth-order valence-electron chi connectivity index (χ4n) is 1.99. The van der Waals surface area contributed by atoms with Gasteiger partial charge in [-0.05, 0) is 36.4 Å². The fourth-order valence-corrected chi connectivity index (χ4v) is 1.99. The summed E-state index contributed by atoms with van der Waals surface area (Å²) in [6, 6.07) is 10.4. The number of hydrogen-bond acceptors (Lipinski definition) is 5. The molecule has 0 radical (unpaired) electrons. The van der Waals surface area contributed by atoms with E-state index in [1.165, 1.54) is 30.5 Å². The summed E-state index contributed by atoms with van der Waals surface area (Å²) in [6.07, 6.45) is -3.11. The van der Waals surface area contributed by atoms with Crippen LogP contribution in [0.4, 0.5) is 40.7 Å². The number of hydrogen-bond donors (Lipinski definition) is 2. The standard InChI is InChI=1S/C16H11F4N5/c17-12-3-1-2-4-13(12)23-14-9-21-25-15(24-14)22-11-7-5-10(6-8-11)16(18,19)20/h1-9H,(H2,22,23,24,25). The van der Waals surface area contributed by atoms with E-state index < -0.39 is 17.6 Å². The molecule has 0 aliphatic rings. The molecule has 2 aromatic carbocycles. The summed E-state index contributed by atoms with van der Waals surface area (Å²) in [5, 5.41) is 13.0. The van der Waals surface area contributed by atoms with Crippen LogP contribution in [-0.2, 0) is 6.18 Å². The predicted molar refractivity (Wildman–Crippen MR) is 84.2 cm³/mol. The van der Waals surface area contributed by atoms with Crippen LogP contribution >= 0.6 is 0 Å². The Balaban J connectivity index is 1.75. The highest BCUT2D eigenvalue weighted by Crippen LogP contribution is 2.30. The summed E-state index contributed by atoms with van der Waals surface area (Å²) in [5.41, 5.74) is -0.187. The molecular formula is C16H11F4N5. The summed E-state index contributed by atoms with van der Waals surface area (Å²) in [7, 11) is 0. The van der Waals surface area contributed by atoms with E-state index in [1.807, 2.05) is 0 Å². The first kappa shape index (κ1) is 16.6. The lowest BCUT2D eigenvalue weighted by Crippen LogP contribution is -2.05.